The fourth-order valence-electron chi connectivity index (χ4n) is 1.33. The average Bonchev–Trinajstić information content (AvgIpc) is 2.29. The SMILES string of the molecule is CCC(C)C(NC(=O)OC(C)(C)C)C(=O)OCCBr. The Kier molecular flexibility index (Phi) is 8.06. The molecule has 1 amide bonds. The van der Waals surface area contributed by atoms with Crippen LogP contribution in [0.5, 0.6) is 0 Å². The van der Waals surface area contributed by atoms with Gasteiger partial charge in [-0.1, -0.05) is 36.2 Å². The number of rotatable bonds is 6. The molecule has 0 fully saturated rings. The van der Waals surface area contributed by atoms with Gasteiger partial charge in [0.25, 0.3) is 0 Å². The van der Waals surface area contributed by atoms with E-state index >= 15 is 0 Å². The molecular formula is C13H24BrNO4. The molecule has 0 aliphatic heterocycles. The molecule has 0 spiro atoms. The van der Waals surface area contributed by atoms with Crippen molar-refractivity contribution in [2.45, 2.75) is 52.7 Å². The van der Waals surface area contributed by atoms with Crippen LogP contribution in [0, 0.1) is 5.92 Å². The predicted octanol–water partition coefficient (Wildman–Crippen LogP) is 2.86. The highest BCUT2D eigenvalue weighted by atomic mass is 79.9. The van der Waals surface area contributed by atoms with E-state index in [0.717, 1.165) is 6.42 Å². The van der Waals surface area contributed by atoms with Gasteiger partial charge in [-0.3, -0.25) is 0 Å². The Morgan fingerprint density at radius 2 is 1.89 bits per heavy atom. The molecule has 0 aliphatic rings. The molecule has 5 nitrogen and oxygen atoms in total. The van der Waals surface area contributed by atoms with E-state index in [1.807, 2.05) is 13.8 Å². The van der Waals surface area contributed by atoms with Gasteiger partial charge in [0.2, 0.25) is 0 Å². The number of halogens is 1. The molecule has 0 rings (SSSR count). The van der Waals surface area contributed by atoms with Gasteiger partial charge in [0.1, 0.15) is 18.2 Å². The van der Waals surface area contributed by atoms with Gasteiger partial charge in [0, 0.05) is 5.33 Å². The Morgan fingerprint density at radius 1 is 1.32 bits per heavy atom. The molecule has 6 heteroatoms. The van der Waals surface area contributed by atoms with Crippen LogP contribution >= 0.6 is 15.9 Å². The van der Waals surface area contributed by atoms with Crippen LogP contribution in [0.15, 0.2) is 0 Å². The molecule has 1 N–H and O–H groups in total. The first-order chi connectivity index (χ1) is 8.71. The Hall–Kier alpha value is -0.780. The summed E-state index contributed by atoms with van der Waals surface area (Å²) in [5.41, 5.74) is -0.593. The van der Waals surface area contributed by atoms with Crippen LogP contribution < -0.4 is 5.32 Å². The summed E-state index contributed by atoms with van der Waals surface area (Å²) in [5.74, 6) is -0.449. The molecule has 2 unspecified atom stereocenters. The molecular weight excluding hydrogens is 314 g/mol. The molecule has 19 heavy (non-hydrogen) atoms. The molecule has 0 aliphatic carbocycles. The molecule has 2 atom stereocenters. The van der Waals surface area contributed by atoms with Crippen molar-refractivity contribution >= 4 is 28.0 Å². The van der Waals surface area contributed by atoms with E-state index < -0.39 is 23.7 Å². The van der Waals surface area contributed by atoms with Gasteiger partial charge < -0.3 is 14.8 Å². The summed E-state index contributed by atoms with van der Waals surface area (Å²) in [4.78, 5) is 23.6. The summed E-state index contributed by atoms with van der Waals surface area (Å²) in [5, 5.41) is 3.15. The first-order valence-electron chi connectivity index (χ1n) is 6.43. The topological polar surface area (TPSA) is 64.6 Å². The maximum absolute atomic E-state index is 11.9. The number of carbonyl (C=O) groups excluding carboxylic acids is 2. The number of carbonyl (C=O) groups is 2. The van der Waals surface area contributed by atoms with E-state index in [1.165, 1.54) is 0 Å². The zero-order valence-corrected chi connectivity index (χ0v) is 13.9. The lowest BCUT2D eigenvalue weighted by molar-refractivity contribution is -0.146. The highest BCUT2D eigenvalue weighted by Gasteiger charge is 2.29. The fraction of sp³-hybridized carbons (Fsp3) is 0.846. The van der Waals surface area contributed by atoms with Gasteiger partial charge in [0.05, 0.1) is 0 Å². The van der Waals surface area contributed by atoms with Crippen molar-refractivity contribution < 1.29 is 19.1 Å². The van der Waals surface area contributed by atoms with Gasteiger partial charge in [-0.25, -0.2) is 9.59 Å². The highest BCUT2D eigenvalue weighted by Crippen LogP contribution is 2.12. The second kappa shape index (κ2) is 8.40. The fourth-order valence-corrected chi connectivity index (χ4v) is 1.49. The largest absolute Gasteiger partial charge is 0.463 e. The average molecular weight is 338 g/mol. The quantitative estimate of drug-likeness (QED) is 0.597. The van der Waals surface area contributed by atoms with Crippen molar-refractivity contribution in [2.24, 2.45) is 5.92 Å². The van der Waals surface area contributed by atoms with Crippen LogP contribution in [0.25, 0.3) is 0 Å². The molecule has 0 aromatic heterocycles. The predicted molar refractivity (Wildman–Crippen MR) is 77.4 cm³/mol. The number of nitrogens with one attached hydrogen (secondary N) is 1. The lowest BCUT2D eigenvalue weighted by Gasteiger charge is -2.25. The van der Waals surface area contributed by atoms with Crippen molar-refractivity contribution in [3.63, 3.8) is 0 Å². The van der Waals surface area contributed by atoms with Crippen molar-refractivity contribution in [3.8, 4) is 0 Å². The molecule has 0 saturated heterocycles. The first kappa shape index (κ1) is 18.2. The van der Waals surface area contributed by atoms with Crippen molar-refractivity contribution in [3.05, 3.63) is 0 Å². The van der Waals surface area contributed by atoms with Gasteiger partial charge in [0.15, 0.2) is 0 Å². The number of alkyl carbamates (subject to hydrolysis) is 1. The number of hydrogen-bond acceptors (Lipinski definition) is 4. The third kappa shape index (κ3) is 8.08. The number of esters is 1. The molecule has 0 aromatic carbocycles. The third-order valence-electron chi connectivity index (χ3n) is 2.46. The summed E-state index contributed by atoms with van der Waals surface area (Å²) in [6.07, 6.45) is 0.151. The van der Waals surface area contributed by atoms with Crippen LogP contribution in [-0.4, -0.2) is 35.6 Å². The Labute approximate surface area is 123 Å². The number of hydrogen-bond donors (Lipinski definition) is 1. The zero-order valence-electron chi connectivity index (χ0n) is 12.3. The Balaban J connectivity index is 4.60. The van der Waals surface area contributed by atoms with Crippen molar-refractivity contribution in [1.29, 1.82) is 0 Å². The minimum atomic E-state index is -0.682. The Bertz CT molecular complexity index is 302. The third-order valence-corrected chi connectivity index (χ3v) is 2.78. The lowest BCUT2D eigenvalue weighted by atomic mass is 9.99. The van der Waals surface area contributed by atoms with Gasteiger partial charge in [-0.2, -0.15) is 0 Å². The van der Waals surface area contributed by atoms with E-state index in [-0.39, 0.29) is 12.5 Å². The summed E-state index contributed by atoms with van der Waals surface area (Å²) in [6, 6.07) is -0.682. The molecule has 0 bridgehead atoms. The highest BCUT2D eigenvalue weighted by molar-refractivity contribution is 9.09. The second-order valence-electron chi connectivity index (χ2n) is 5.37. The number of amides is 1. The monoisotopic (exact) mass is 337 g/mol. The maximum atomic E-state index is 11.9. The van der Waals surface area contributed by atoms with E-state index in [9.17, 15) is 9.59 Å². The second-order valence-corrected chi connectivity index (χ2v) is 6.16. The lowest BCUT2D eigenvalue weighted by Crippen LogP contribution is -2.47. The Morgan fingerprint density at radius 3 is 2.32 bits per heavy atom. The minimum Gasteiger partial charge on any atom is -0.463 e. The van der Waals surface area contributed by atoms with Gasteiger partial charge >= 0.3 is 12.1 Å². The normalized spacial score (nSPS) is 14.4. The van der Waals surface area contributed by atoms with E-state index in [2.05, 4.69) is 21.2 Å². The van der Waals surface area contributed by atoms with Crippen molar-refractivity contribution in [1.82, 2.24) is 5.32 Å². The number of alkyl halides is 1. The van der Waals surface area contributed by atoms with Gasteiger partial charge in [-0.05, 0) is 26.7 Å². The zero-order chi connectivity index (χ0) is 15.1. The smallest absolute Gasteiger partial charge is 0.408 e. The van der Waals surface area contributed by atoms with E-state index in [4.69, 9.17) is 9.47 Å². The van der Waals surface area contributed by atoms with E-state index in [1.54, 1.807) is 20.8 Å². The molecule has 0 aromatic rings. The molecule has 0 heterocycles. The molecule has 0 radical (unpaired) electrons. The standard InChI is InChI=1S/C13H24BrNO4/c1-6-9(2)10(11(16)18-8-7-14)15-12(17)19-13(3,4)5/h9-10H,6-8H2,1-5H3,(H,15,17). The maximum Gasteiger partial charge on any atom is 0.408 e. The summed E-state index contributed by atoms with van der Waals surface area (Å²) in [6.45, 7) is 9.43. The van der Waals surface area contributed by atoms with Crippen LogP contribution in [0.3, 0.4) is 0 Å². The molecule has 0 saturated carbocycles. The van der Waals surface area contributed by atoms with Crippen LogP contribution in [0.4, 0.5) is 4.79 Å². The van der Waals surface area contributed by atoms with E-state index in [0.29, 0.717) is 5.33 Å². The summed E-state index contributed by atoms with van der Waals surface area (Å²) >= 11 is 3.18. The minimum absolute atomic E-state index is 0.0182. The van der Waals surface area contributed by atoms with Crippen molar-refractivity contribution in [2.75, 3.05) is 11.9 Å². The summed E-state index contributed by atoms with van der Waals surface area (Å²) in [7, 11) is 0. The first-order valence-corrected chi connectivity index (χ1v) is 7.55. The molecule has 112 valence electrons. The number of ether oxygens (including phenoxy) is 2. The summed E-state index contributed by atoms with van der Waals surface area (Å²) < 4.78 is 10.2. The van der Waals surface area contributed by atoms with Crippen LogP contribution in [-0.2, 0) is 14.3 Å². The van der Waals surface area contributed by atoms with Crippen LogP contribution in [0.2, 0.25) is 0 Å². The van der Waals surface area contributed by atoms with Gasteiger partial charge in [-0.15, -0.1) is 0 Å². The van der Waals surface area contributed by atoms with Crippen LogP contribution in [0.1, 0.15) is 41.0 Å².